The predicted molar refractivity (Wildman–Crippen MR) is 105 cm³/mol. The lowest BCUT2D eigenvalue weighted by atomic mass is 9.94. The van der Waals surface area contributed by atoms with Gasteiger partial charge < -0.3 is 14.2 Å². The zero-order valence-electron chi connectivity index (χ0n) is 16.1. The fraction of sp³-hybridized carbons (Fsp3) is 0.545. The lowest BCUT2D eigenvalue weighted by Crippen LogP contribution is -2.47. The Bertz CT molecular complexity index is 758. The number of oxazole rings is 1. The molecule has 3 aliphatic rings. The normalized spacial score (nSPS) is 22.8. The van der Waals surface area contributed by atoms with E-state index < -0.39 is 0 Å². The average molecular weight is 367 g/mol. The third-order valence-corrected chi connectivity index (χ3v) is 6.00. The molecule has 3 fully saturated rings. The molecule has 144 valence electrons. The quantitative estimate of drug-likeness (QED) is 0.785. The van der Waals surface area contributed by atoms with Gasteiger partial charge in [0.25, 0.3) is 5.91 Å². The summed E-state index contributed by atoms with van der Waals surface area (Å²) >= 11 is 0. The Hall–Kier alpha value is -2.14. The van der Waals surface area contributed by atoms with E-state index >= 15 is 0 Å². The van der Waals surface area contributed by atoms with Crippen LogP contribution in [0, 0.1) is 5.92 Å². The lowest BCUT2D eigenvalue weighted by molar-refractivity contribution is 0.0577. The summed E-state index contributed by atoms with van der Waals surface area (Å²) in [5.74, 6) is 1.34. The minimum absolute atomic E-state index is 0.0569. The van der Waals surface area contributed by atoms with Crippen molar-refractivity contribution in [1.29, 1.82) is 0 Å². The number of amides is 1. The first-order chi connectivity index (χ1) is 13.2. The number of benzene rings is 1. The van der Waals surface area contributed by atoms with Gasteiger partial charge in [0.2, 0.25) is 0 Å². The molecule has 4 heterocycles. The van der Waals surface area contributed by atoms with Crippen LogP contribution in [0.1, 0.15) is 48.0 Å². The maximum Gasteiger partial charge on any atom is 0.276 e. The first kappa shape index (κ1) is 18.2. The Balaban J connectivity index is 1.38. The van der Waals surface area contributed by atoms with E-state index in [4.69, 9.17) is 4.42 Å². The molecule has 5 nitrogen and oxygen atoms in total. The van der Waals surface area contributed by atoms with Crippen LogP contribution >= 0.6 is 0 Å². The molecule has 2 bridgehead atoms. The molecule has 2 atom stereocenters. The number of piperidine rings is 1. The number of fused-ring (bicyclic) bond motifs is 4. The highest BCUT2D eigenvalue weighted by atomic mass is 16.3. The molecule has 0 radical (unpaired) electrons. The molecule has 0 N–H and O–H groups in total. The molecule has 5 rings (SSSR count). The smallest absolute Gasteiger partial charge is 0.276 e. The highest BCUT2D eigenvalue weighted by Gasteiger charge is 2.38. The monoisotopic (exact) mass is 367 g/mol. The number of carbonyl (C=O) groups is 1. The van der Waals surface area contributed by atoms with Crippen LogP contribution < -0.4 is 0 Å². The van der Waals surface area contributed by atoms with Gasteiger partial charge in [-0.05, 0) is 43.7 Å². The minimum atomic E-state index is 0.0569. The summed E-state index contributed by atoms with van der Waals surface area (Å²) in [6.07, 6.45) is 6.72. The van der Waals surface area contributed by atoms with Crippen LogP contribution in [0.3, 0.4) is 0 Å². The molecule has 0 aliphatic carbocycles. The summed E-state index contributed by atoms with van der Waals surface area (Å²) in [5, 5.41) is 0. The second-order valence-electron chi connectivity index (χ2n) is 7.88. The summed E-state index contributed by atoms with van der Waals surface area (Å²) in [6.45, 7) is 6.05. The second-order valence-corrected chi connectivity index (χ2v) is 7.88. The number of hydrogen-bond acceptors (Lipinski definition) is 4. The second kappa shape index (κ2) is 8.26. The van der Waals surface area contributed by atoms with Crippen molar-refractivity contribution in [3.63, 3.8) is 0 Å². The van der Waals surface area contributed by atoms with Crippen molar-refractivity contribution in [3.05, 3.63) is 53.7 Å². The average Bonchev–Trinajstić information content (AvgIpc) is 3.01. The standard InChI is InChI=1S/C22H29N3O2/c1-2-20-21(23-16-27-20)22(26)25-14-18-10-11-19(25)15-24(13-18)12-6-9-17-7-4-3-5-8-17/h3-5,7-8,16,18-19H,2,6,9-15H2,1H3/t18-,19+/m0/s1. The molecule has 2 aromatic rings. The molecule has 1 aromatic carbocycles. The number of aromatic nitrogens is 1. The fourth-order valence-corrected chi connectivity index (χ4v) is 4.59. The molecule has 1 amide bonds. The van der Waals surface area contributed by atoms with Gasteiger partial charge in [-0.3, -0.25) is 4.79 Å². The van der Waals surface area contributed by atoms with Crippen molar-refractivity contribution in [1.82, 2.24) is 14.8 Å². The van der Waals surface area contributed by atoms with E-state index in [1.165, 1.54) is 24.8 Å². The van der Waals surface area contributed by atoms with Crippen molar-refractivity contribution in [2.45, 2.75) is 45.1 Å². The van der Waals surface area contributed by atoms with Crippen molar-refractivity contribution in [2.75, 3.05) is 26.2 Å². The van der Waals surface area contributed by atoms with Gasteiger partial charge in [-0.2, -0.15) is 0 Å². The summed E-state index contributed by atoms with van der Waals surface area (Å²) in [6, 6.07) is 11.0. The molecular formula is C22H29N3O2. The molecule has 3 aliphatic heterocycles. The molecule has 3 saturated heterocycles. The minimum Gasteiger partial charge on any atom is -0.448 e. The Morgan fingerprint density at radius 2 is 2.04 bits per heavy atom. The van der Waals surface area contributed by atoms with E-state index in [1.807, 2.05) is 6.92 Å². The van der Waals surface area contributed by atoms with Gasteiger partial charge in [0.1, 0.15) is 5.76 Å². The molecule has 5 heteroatoms. The molecule has 27 heavy (non-hydrogen) atoms. The highest BCUT2D eigenvalue weighted by molar-refractivity contribution is 5.93. The Morgan fingerprint density at radius 3 is 2.85 bits per heavy atom. The van der Waals surface area contributed by atoms with Crippen molar-refractivity contribution in [3.8, 4) is 0 Å². The van der Waals surface area contributed by atoms with Crippen LogP contribution in [-0.2, 0) is 12.8 Å². The van der Waals surface area contributed by atoms with E-state index in [1.54, 1.807) is 0 Å². The maximum absolute atomic E-state index is 13.1. The van der Waals surface area contributed by atoms with Crippen molar-refractivity contribution >= 4 is 5.91 Å². The Kier molecular flexibility index (Phi) is 5.58. The third kappa shape index (κ3) is 4.08. The van der Waals surface area contributed by atoms with Crippen LogP contribution in [0.15, 0.2) is 41.1 Å². The first-order valence-corrected chi connectivity index (χ1v) is 10.2. The van der Waals surface area contributed by atoms with Crippen LogP contribution in [0.4, 0.5) is 0 Å². The maximum atomic E-state index is 13.1. The van der Waals surface area contributed by atoms with Crippen LogP contribution in [0.25, 0.3) is 0 Å². The lowest BCUT2D eigenvalue weighted by Gasteiger charge is -2.35. The van der Waals surface area contributed by atoms with Gasteiger partial charge in [-0.15, -0.1) is 0 Å². The number of nitrogens with zero attached hydrogens (tertiary/aromatic N) is 3. The van der Waals surface area contributed by atoms with Gasteiger partial charge in [0.05, 0.1) is 0 Å². The zero-order valence-corrected chi connectivity index (χ0v) is 16.1. The third-order valence-electron chi connectivity index (χ3n) is 6.00. The van der Waals surface area contributed by atoms with Gasteiger partial charge in [0, 0.05) is 32.1 Å². The summed E-state index contributed by atoms with van der Waals surface area (Å²) in [7, 11) is 0. The molecule has 0 unspecified atom stereocenters. The van der Waals surface area contributed by atoms with E-state index in [9.17, 15) is 4.79 Å². The molecule has 0 saturated carbocycles. The van der Waals surface area contributed by atoms with Gasteiger partial charge in [-0.1, -0.05) is 37.3 Å². The van der Waals surface area contributed by atoms with Crippen molar-refractivity contribution < 1.29 is 9.21 Å². The Morgan fingerprint density at radius 1 is 1.19 bits per heavy atom. The van der Waals surface area contributed by atoms with Gasteiger partial charge in [-0.25, -0.2) is 4.98 Å². The highest BCUT2D eigenvalue weighted by Crippen LogP contribution is 2.29. The topological polar surface area (TPSA) is 49.6 Å². The number of carbonyl (C=O) groups excluding carboxylic acids is 1. The SMILES string of the molecule is CCc1ocnc1C(=O)N1C[C@H]2CC[C@@H]1CN(CCCc1ccccc1)C2. The molecular weight excluding hydrogens is 338 g/mol. The summed E-state index contributed by atoms with van der Waals surface area (Å²) < 4.78 is 5.38. The van der Waals surface area contributed by atoms with Gasteiger partial charge >= 0.3 is 0 Å². The summed E-state index contributed by atoms with van der Waals surface area (Å²) in [4.78, 5) is 21.9. The molecule has 1 aromatic heterocycles. The fourth-order valence-electron chi connectivity index (χ4n) is 4.59. The summed E-state index contributed by atoms with van der Waals surface area (Å²) in [5.41, 5.74) is 1.92. The number of hydrogen-bond donors (Lipinski definition) is 0. The van der Waals surface area contributed by atoms with Crippen LogP contribution in [-0.4, -0.2) is 52.9 Å². The Labute approximate surface area is 161 Å². The predicted octanol–water partition coefficient (Wildman–Crippen LogP) is 3.41. The number of aryl methyl sites for hydroxylation is 2. The van der Waals surface area contributed by atoms with E-state index in [0.29, 0.717) is 29.8 Å². The van der Waals surface area contributed by atoms with Gasteiger partial charge in [0.15, 0.2) is 12.1 Å². The van der Waals surface area contributed by atoms with E-state index in [-0.39, 0.29) is 5.91 Å². The largest absolute Gasteiger partial charge is 0.448 e. The van der Waals surface area contributed by atoms with E-state index in [2.05, 4.69) is 45.1 Å². The number of rotatable bonds is 6. The zero-order chi connectivity index (χ0) is 18.6. The van der Waals surface area contributed by atoms with Crippen LogP contribution in [0.2, 0.25) is 0 Å². The molecule has 0 spiro atoms. The van der Waals surface area contributed by atoms with Crippen molar-refractivity contribution in [2.24, 2.45) is 5.92 Å². The first-order valence-electron chi connectivity index (χ1n) is 10.2. The van der Waals surface area contributed by atoms with Crippen LogP contribution in [0.5, 0.6) is 0 Å². The van der Waals surface area contributed by atoms with E-state index in [0.717, 1.165) is 39.0 Å².